The average molecular weight is 1180 g/mol. The Hall–Kier alpha value is -1.79. The van der Waals surface area contributed by atoms with Crippen molar-refractivity contribution in [3.63, 3.8) is 0 Å². The summed E-state index contributed by atoms with van der Waals surface area (Å²) in [6, 6.07) is -0.935. The second kappa shape index (κ2) is 54.4. The summed E-state index contributed by atoms with van der Waals surface area (Å²) in [7, 11) is 0. The number of aliphatic hydroxyl groups excluding tert-OH is 8. The highest BCUT2D eigenvalue weighted by Gasteiger charge is 2.51. The lowest BCUT2D eigenvalue weighted by atomic mass is 9.97. The van der Waals surface area contributed by atoms with Gasteiger partial charge in [-0.25, -0.2) is 0 Å². The molecule has 0 aromatic rings. The van der Waals surface area contributed by atoms with Crippen LogP contribution in [0.25, 0.3) is 0 Å². The Bertz CT molecular complexity index is 1530. The molecule has 0 bridgehead atoms. The normalized spacial score (nSPS) is 24.0. The minimum absolute atomic E-state index is 0.249. The fraction of sp³-hybridized carbons (Fsp3) is 0.899. The quantitative estimate of drug-likeness (QED) is 0.0204. The second-order valence-electron chi connectivity index (χ2n) is 24.6. The average Bonchev–Trinajstić information content (AvgIpc) is 3.61. The Balaban J connectivity index is 1.59. The van der Waals surface area contributed by atoms with Crippen molar-refractivity contribution in [3.05, 3.63) is 36.5 Å². The first-order valence-corrected chi connectivity index (χ1v) is 34.7. The van der Waals surface area contributed by atoms with E-state index in [1.807, 2.05) is 6.08 Å². The molecule has 0 spiro atoms. The molecule has 0 saturated carbocycles. The first kappa shape index (κ1) is 77.3. The third kappa shape index (κ3) is 39.0. The maximum absolute atomic E-state index is 13.3. The van der Waals surface area contributed by atoms with Crippen molar-refractivity contribution in [2.45, 2.75) is 376 Å². The van der Waals surface area contributed by atoms with E-state index in [4.69, 9.17) is 18.9 Å². The number of carbonyl (C=O) groups excluding carboxylic acids is 1. The molecule has 83 heavy (non-hydrogen) atoms. The van der Waals surface area contributed by atoms with Crippen LogP contribution >= 0.6 is 0 Å². The number of aliphatic hydroxyl groups is 8. The molecular weight excluding hydrogens is 1050 g/mol. The molecule has 9 N–H and O–H groups in total. The molecule has 1 amide bonds. The van der Waals surface area contributed by atoms with Gasteiger partial charge in [0.05, 0.1) is 32.0 Å². The third-order valence-corrected chi connectivity index (χ3v) is 17.1. The Morgan fingerprint density at radius 1 is 0.422 bits per heavy atom. The minimum Gasteiger partial charge on any atom is -0.394 e. The SMILES string of the molecule is CCCCCC/C=C/CC/C=C/CC/C=C/C(O)C(COC1OC(CO)C(OC2OC(CO)C(O)C(O)C2O)C(O)C1O)NC(=O)CCCCCCCCCCCCCCCCCCCCCCCCCCCCCCCCCCCCC. The Morgan fingerprint density at radius 3 is 1.18 bits per heavy atom. The number of nitrogens with one attached hydrogen (secondary N) is 1. The molecular formula is C69H129NO13. The predicted octanol–water partition coefficient (Wildman–Crippen LogP) is 13.7. The molecule has 12 unspecified atom stereocenters. The molecule has 2 saturated heterocycles. The highest BCUT2D eigenvalue weighted by Crippen LogP contribution is 2.30. The van der Waals surface area contributed by atoms with E-state index in [1.54, 1.807) is 6.08 Å². The Kier molecular flexibility index (Phi) is 50.6. The van der Waals surface area contributed by atoms with Crippen LogP contribution in [0.3, 0.4) is 0 Å². The van der Waals surface area contributed by atoms with Crippen molar-refractivity contribution < 1.29 is 64.6 Å². The van der Waals surface area contributed by atoms with Crippen LogP contribution in [0, 0.1) is 0 Å². The maximum atomic E-state index is 13.3. The molecule has 0 aromatic carbocycles. The highest BCUT2D eigenvalue weighted by molar-refractivity contribution is 5.76. The van der Waals surface area contributed by atoms with E-state index in [2.05, 4.69) is 43.5 Å². The number of allylic oxidation sites excluding steroid dienone is 5. The number of hydrogen-bond donors (Lipinski definition) is 9. The number of ether oxygens (including phenoxy) is 4. The van der Waals surface area contributed by atoms with Crippen molar-refractivity contribution in [2.24, 2.45) is 0 Å². The van der Waals surface area contributed by atoms with E-state index in [0.717, 1.165) is 44.9 Å². The Morgan fingerprint density at radius 2 is 0.771 bits per heavy atom. The summed E-state index contributed by atoms with van der Waals surface area (Å²) in [6.07, 6.45) is 52.4. The van der Waals surface area contributed by atoms with Crippen LogP contribution in [0.15, 0.2) is 36.5 Å². The summed E-state index contributed by atoms with van der Waals surface area (Å²) < 4.78 is 22.8. The zero-order chi connectivity index (χ0) is 60.2. The summed E-state index contributed by atoms with van der Waals surface area (Å²) in [4.78, 5) is 13.3. The summed E-state index contributed by atoms with van der Waals surface area (Å²) >= 11 is 0. The first-order chi connectivity index (χ1) is 40.6. The lowest BCUT2D eigenvalue weighted by Crippen LogP contribution is -2.65. The molecule has 0 aromatic heterocycles. The molecule has 14 heteroatoms. The third-order valence-electron chi connectivity index (χ3n) is 17.1. The van der Waals surface area contributed by atoms with Gasteiger partial charge >= 0.3 is 0 Å². The van der Waals surface area contributed by atoms with Crippen molar-refractivity contribution in [3.8, 4) is 0 Å². The molecule has 0 aliphatic carbocycles. The van der Waals surface area contributed by atoms with Crippen molar-refractivity contribution in [2.75, 3.05) is 19.8 Å². The number of carbonyl (C=O) groups is 1. The van der Waals surface area contributed by atoms with Crippen LogP contribution in [0.5, 0.6) is 0 Å². The molecule has 2 aliphatic heterocycles. The molecule has 12 atom stereocenters. The van der Waals surface area contributed by atoms with Crippen molar-refractivity contribution in [1.82, 2.24) is 5.32 Å². The lowest BCUT2D eigenvalue weighted by Gasteiger charge is -2.46. The largest absolute Gasteiger partial charge is 0.394 e. The molecule has 0 radical (unpaired) electrons. The molecule has 2 fully saturated rings. The molecule has 14 nitrogen and oxygen atoms in total. The van der Waals surface area contributed by atoms with E-state index >= 15 is 0 Å². The summed E-state index contributed by atoms with van der Waals surface area (Å²) in [6.45, 7) is 2.78. The van der Waals surface area contributed by atoms with Gasteiger partial charge in [-0.15, -0.1) is 0 Å². The van der Waals surface area contributed by atoms with Gasteiger partial charge in [0.2, 0.25) is 5.91 Å². The Labute approximate surface area is 506 Å². The monoisotopic (exact) mass is 1180 g/mol. The van der Waals surface area contributed by atoms with E-state index in [-0.39, 0.29) is 18.9 Å². The van der Waals surface area contributed by atoms with E-state index in [9.17, 15) is 45.6 Å². The minimum atomic E-state index is -1.79. The number of amides is 1. The smallest absolute Gasteiger partial charge is 0.220 e. The van der Waals surface area contributed by atoms with Gasteiger partial charge in [0.1, 0.15) is 48.8 Å². The van der Waals surface area contributed by atoms with Gasteiger partial charge in [0.15, 0.2) is 12.6 Å². The van der Waals surface area contributed by atoms with Gasteiger partial charge in [-0.3, -0.25) is 4.79 Å². The van der Waals surface area contributed by atoms with E-state index < -0.39 is 86.8 Å². The van der Waals surface area contributed by atoms with Crippen LogP contribution in [0.4, 0.5) is 0 Å². The topological polar surface area (TPSA) is 228 Å². The predicted molar refractivity (Wildman–Crippen MR) is 337 cm³/mol. The van der Waals surface area contributed by atoms with Crippen LogP contribution in [0.1, 0.15) is 303 Å². The van der Waals surface area contributed by atoms with Crippen molar-refractivity contribution in [1.29, 1.82) is 0 Å². The van der Waals surface area contributed by atoms with E-state index in [0.29, 0.717) is 12.8 Å². The van der Waals surface area contributed by atoms with Gasteiger partial charge in [-0.05, 0) is 44.9 Å². The zero-order valence-corrected chi connectivity index (χ0v) is 53.0. The summed E-state index contributed by atoms with van der Waals surface area (Å²) in [5.41, 5.74) is 0. The highest BCUT2D eigenvalue weighted by atomic mass is 16.7. The van der Waals surface area contributed by atoms with Crippen LogP contribution < -0.4 is 5.32 Å². The first-order valence-electron chi connectivity index (χ1n) is 34.7. The van der Waals surface area contributed by atoms with E-state index in [1.165, 1.54) is 225 Å². The van der Waals surface area contributed by atoms with Crippen LogP contribution in [0.2, 0.25) is 0 Å². The molecule has 2 rings (SSSR count). The second-order valence-corrected chi connectivity index (χ2v) is 24.6. The number of hydrogen-bond acceptors (Lipinski definition) is 13. The van der Waals surface area contributed by atoms with Crippen molar-refractivity contribution >= 4 is 5.91 Å². The zero-order valence-electron chi connectivity index (χ0n) is 53.0. The summed E-state index contributed by atoms with van der Waals surface area (Å²) in [5, 5.41) is 87.1. The maximum Gasteiger partial charge on any atom is 0.220 e. The summed E-state index contributed by atoms with van der Waals surface area (Å²) in [5.74, 6) is -0.249. The standard InChI is InChI=1S/C69H129NO13/c1-3-5-7-9-11-13-15-17-19-20-21-22-23-24-25-26-27-28-29-30-31-32-33-34-35-36-37-38-39-41-43-45-47-49-51-53-61(74)70-57(58(73)52-50-48-46-44-42-40-18-16-14-12-10-8-6-4-2)56-80-68-66(79)64(77)67(60(55-72)82-68)83-69-65(78)63(76)62(75)59(54-71)81-69/h14,16,42,44,50,52,57-60,62-69,71-73,75-79H,3-13,15,17-41,43,45-49,51,53-56H2,1-2H3,(H,70,74)/b16-14+,44-42+,52-50+. The number of rotatable bonds is 57. The fourth-order valence-corrected chi connectivity index (χ4v) is 11.5. The van der Waals surface area contributed by atoms with Gasteiger partial charge in [0, 0.05) is 6.42 Å². The van der Waals surface area contributed by atoms with Gasteiger partial charge < -0.3 is 65.1 Å². The molecule has 2 aliphatic rings. The van der Waals surface area contributed by atoms with Crippen LogP contribution in [-0.4, -0.2) is 140 Å². The number of unbranched alkanes of at least 4 members (excludes halogenated alkanes) is 40. The van der Waals surface area contributed by atoms with Gasteiger partial charge in [-0.1, -0.05) is 288 Å². The van der Waals surface area contributed by atoms with Crippen LogP contribution in [-0.2, 0) is 23.7 Å². The molecule has 488 valence electrons. The van der Waals surface area contributed by atoms with Gasteiger partial charge in [-0.2, -0.15) is 0 Å². The molecule has 2 heterocycles. The lowest BCUT2D eigenvalue weighted by molar-refractivity contribution is -0.359. The fourth-order valence-electron chi connectivity index (χ4n) is 11.5. The van der Waals surface area contributed by atoms with Gasteiger partial charge in [0.25, 0.3) is 0 Å².